The van der Waals surface area contributed by atoms with Crippen molar-refractivity contribution in [2.75, 3.05) is 26.2 Å². The Morgan fingerprint density at radius 1 is 1.06 bits per heavy atom. The number of amides is 1. The van der Waals surface area contributed by atoms with Gasteiger partial charge < -0.3 is 4.90 Å². The largest absolute Gasteiger partial charge is 0.416 e. The summed E-state index contributed by atoms with van der Waals surface area (Å²) in [5, 5.41) is 3.65. The average molecular weight is 481 g/mol. The molecule has 0 bridgehead atoms. The van der Waals surface area contributed by atoms with E-state index in [0.717, 1.165) is 29.9 Å². The van der Waals surface area contributed by atoms with Crippen LogP contribution in [0.3, 0.4) is 0 Å². The zero-order chi connectivity index (χ0) is 24.6. The molecule has 0 N–H and O–H groups in total. The number of benzene rings is 2. The summed E-state index contributed by atoms with van der Waals surface area (Å²) in [6, 6.07) is 12.2. The molecular weight excluding hydrogens is 459 g/mol. The lowest BCUT2D eigenvalue weighted by molar-refractivity contribution is -0.137. The Balaban J connectivity index is 1.36. The van der Waals surface area contributed by atoms with Gasteiger partial charge in [-0.3, -0.25) is 19.6 Å². The van der Waals surface area contributed by atoms with Crippen molar-refractivity contribution in [2.45, 2.75) is 25.7 Å². The smallest absolute Gasteiger partial charge is 0.314 e. The number of aliphatic imine (C=N–C) groups is 1. The molecule has 0 aromatic heterocycles. The van der Waals surface area contributed by atoms with Crippen LogP contribution in [0, 0.1) is 0 Å². The third kappa shape index (κ3) is 4.60. The molecule has 3 aliphatic heterocycles. The molecular formula is C24H22F3N7O. The van der Waals surface area contributed by atoms with Crippen molar-refractivity contribution in [1.29, 1.82) is 0 Å². The summed E-state index contributed by atoms with van der Waals surface area (Å²) in [7, 11) is 0. The minimum Gasteiger partial charge on any atom is -0.314 e. The van der Waals surface area contributed by atoms with Gasteiger partial charge in [-0.1, -0.05) is 35.4 Å². The van der Waals surface area contributed by atoms with Crippen LogP contribution in [-0.4, -0.2) is 52.7 Å². The van der Waals surface area contributed by atoms with E-state index >= 15 is 0 Å². The van der Waals surface area contributed by atoms with Gasteiger partial charge >= 0.3 is 6.18 Å². The molecule has 5 rings (SSSR count). The van der Waals surface area contributed by atoms with E-state index in [4.69, 9.17) is 5.53 Å². The summed E-state index contributed by atoms with van der Waals surface area (Å²) in [6.45, 7) is 3.21. The zero-order valence-corrected chi connectivity index (χ0v) is 18.7. The number of carbonyl (C=O) groups excluding carboxylic acids is 1. The van der Waals surface area contributed by atoms with Crippen molar-refractivity contribution < 1.29 is 18.0 Å². The van der Waals surface area contributed by atoms with Gasteiger partial charge in [-0.05, 0) is 34.9 Å². The van der Waals surface area contributed by atoms with E-state index in [9.17, 15) is 18.0 Å². The first-order valence-corrected chi connectivity index (χ1v) is 11.2. The molecule has 0 radical (unpaired) electrons. The normalized spacial score (nSPS) is 18.3. The number of hydrogen-bond donors (Lipinski definition) is 0. The van der Waals surface area contributed by atoms with Gasteiger partial charge in [0, 0.05) is 48.9 Å². The van der Waals surface area contributed by atoms with Gasteiger partial charge in [0.05, 0.1) is 24.2 Å². The maximum Gasteiger partial charge on any atom is 0.416 e. The monoisotopic (exact) mass is 481 g/mol. The highest BCUT2D eigenvalue weighted by atomic mass is 19.4. The molecule has 35 heavy (non-hydrogen) atoms. The molecule has 0 aliphatic carbocycles. The van der Waals surface area contributed by atoms with Crippen LogP contribution in [0.25, 0.3) is 10.4 Å². The number of hydrogen-bond acceptors (Lipinski definition) is 5. The highest BCUT2D eigenvalue weighted by Crippen LogP contribution is 2.33. The van der Waals surface area contributed by atoms with Gasteiger partial charge in [0.15, 0.2) is 0 Å². The zero-order valence-electron chi connectivity index (χ0n) is 18.7. The van der Waals surface area contributed by atoms with E-state index in [-0.39, 0.29) is 12.5 Å². The third-order valence-electron chi connectivity index (χ3n) is 6.38. The van der Waals surface area contributed by atoms with Gasteiger partial charge in [-0.15, -0.1) is 0 Å². The van der Waals surface area contributed by atoms with Crippen LogP contribution in [0.5, 0.6) is 0 Å². The Labute approximate surface area is 199 Å². The molecule has 0 unspecified atom stereocenters. The Morgan fingerprint density at radius 2 is 1.86 bits per heavy atom. The first-order chi connectivity index (χ1) is 16.8. The van der Waals surface area contributed by atoms with E-state index in [1.165, 1.54) is 12.1 Å². The number of fused-ring (bicyclic) bond motifs is 2. The molecule has 0 atom stereocenters. The molecule has 0 spiro atoms. The first-order valence-electron chi connectivity index (χ1n) is 11.2. The molecule has 2 aromatic rings. The maximum absolute atomic E-state index is 13.6. The summed E-state index contributed by atoms with van der Waals surface area (Å²) < 4.78 is 38.8. The number of guanidine groups is 1. The predicted octanol–water partition coefficient (Wildman–Crippen LogP) is 4.82. The third-order valence-corrected chi connectivity index (χ3v) is 6.38. The first kappa shape index (κ1) is 22.9. The Kier molecular flexibility index (Phi) is 5.96. The van der Waals surface area contributed by atoms with Crippen LogP contribution < -0.4 is 0 Å². The van der Waals surface area contributed by atoms with E-state index < -0.39 is 11.7 Å². The fourth-order valence-corrected chi connectivity index (χ4v) is 4.76. The van der Waals surface area contributed by atoms with Crippen LogP contribution in [0.1, 0.15) is 23.1 Å². The highest BCUT2D eigenvalue weighted by molar-refractivity contribution is 6.09. The fourth-order valence-electron chi connectivity index (χ4n) is 4.76. The lowest BCUT2D eigenvalue weighted by Gasteiger charge is -2.42. The van der Waals surface area contributed by atoms with Crippen LogP contribution in [-0.2, 0) is 24.1 Å². The molecule has 11 heteroatoms. The average Bonchev–Trinajstić information content (AvgIpc) is 3.32. The van der Waals surface area contributed by atoms with Crippen molar-refractivity contribution in [1.82, 2.24) is 14.7 Å². The summed E-state index contributed by atoms with van der Waals surface area (Å²) in [5.41, 5.74) is 11.8. The number of alkyl halides is 3. The Hall–Kier alpha value is -3.82. The van der Waals surface area contributed by atoms with Crippen molar-refractivity contribution in [3.63, 3.8) is 0 Å². The topological polar surface area (TPSA) is 87.9 Å². The standard InChI is InChI=1S/C24H22F3N7O/c25-24(26,27)18-6-4-16(5-7-18)14-34-22(35)20-15-32(10-8-21(20)33-11-9-29-23(33)34)13-17-2-1-3-19(12-17)30-31-28/h1-7,12H,8-11,13-15H2. The van der Waals surface area contributed by atoms with Crippen molar-refractivity contribution in [3.8, 4) is 0 Å². The van der Waals surface area contributed by atoms with E-state index in [2.05, 4.69) is 24.8 Å². The van der Waals surface area contributed by atoms with E-state index in [0.29, 0.717) is 55.4 Å². The minimum atomic E-state index is -4.41. The molecule has 8 nitrogen and oxygen atoms in total. The molecule has 1 amide bonds. The second-order valence-electron chi connectivity index (χ2n) is 8.66. The lowest BCUT2D eigenvalue weighted by Crippen LogP contribution is -2.53. The van der Waals surface area contributed by atoms with Crippen LogP contribution in [0.2, 0.25) is 0 Å². The lowest BCUT2D eigenvalue weighted by atomic mass is 10.00. The predicted molar refractivity (Wildman–Crippen MR) is 123 cm³/mol. The number of carbonyl (C=O) groups is 1. The van der Waals surface area contributed by atoms with Gasteiger partial charge in [0.25, 0.3) is 5.91 Å². The van der Waals surface area contributed by atoms with Gasteiger partial charge in [0.2, 0.25) is 5.96 Å². The fraction of sp³-hybridized carbons (Fsp3) is 0.333. The molecule has 2 aromatic carbocycles. The minimum absolute atomic E-state index is 0.150. The number of nitrogens with zero attached hydrogens (tertiary/aromatic N) is 7. The van der Waals surface area contributed by atoms with Crippen molar-refractivity contribution in [2.24, 2.45) is 10.1 Å². The molecule has 0 saturated carbocycles. The van der Waals surface area contributed by atoms with Crippen molar-refractivity contribution >= 4 is 17.6 Å². The van der Waals surface area contributed by atoms with Crippen LogP contribution >= 0.6 is 0 Å². The number of halogens is 3. The molecule has 0 saturated heterocycles. The van der Waals surface area contributed by atoms with E-state index in [1.54, 1.807) is 11.0 Å². The molecule has 3 aliphatic rings. The van der Waals surface area contributed by atoms with Crippen LogP contribution in [0.15, 0.2) is 69.9 Å². The summed E-state index contributed by atoms with van der Waals surface area (Å²) in [4.78, 5) is 26.7. The van der Waals surface area contributed by atoms with Gasteiger partial charge in [0.1, 0.15) is 0 Å². The molecule has 3 heterocycles. The Morgan fingerprint density at radius 3 is 2.60 bits per heavy atom. The second kappa shape index (κ2) is 9.09. The summed E-state index contributed by atoms with van der Waals surface area (Å²) in [6.07, 6.45) is -3.71. The quantitative estimate of drug-likeness (QED) is 0.348. The van der Waals surface area contributed by atoms with E-state index in [1.807, 2.05) is 18.2 Å². The molecule has 0 fully saturated rings. The van der Waals surface area contributed by atoms with Crippen molar-refractivity contribution in [3.05, 3.63) is 86.9 Å². The Bertz CT molecular complexity index is 1260. The SMILES string of the molecule is [N-]=[N+]=Nc1cccc(CN2CCC3=C(C2)C(=O)N(Cc2ccc(C(F)(F)F)cc2)C2=NCCN23)c1. The maximum atomic E-state index is 13.6. The van der Waals surface area contributed by atoms with Crippen LogP contribution in [0.4, 0.5) is 18.9 Å². The summed E-state index contributed by atoms with van der Waals surface area (Å²) in [5.74, 6) is 0.411. The highest BCUT2D eigenvalue weighted by Gasteiger charge is 2.41. The number of azide groups is 1. The van der Waals surface area contributed by atoms with Gasteiger partial charge in [-0.2, -0.15) is 13.2 Å². The number of rotatable bonds is 5. The second-order valence-corrected chi connectivity index (χ2v) is 8.66. The molecule has 180 valence electrons. The van der Waals surface area contributed by atoms with Gasteiger partial charge in [-0.25, -0.2) is 0 Å². The summed E-state index contributed by atoms with van der Waals surface area (Å²) >= 11 is 0.